The minimum absolute atomic E-state index is 0.0423. The lowest BCUT2D eigenvalue weighted by molar-refractivity contribution is -0.129. The molecule has 1 amide bonds. The number of hydrogen-bond donors (Lipinski definition) is 0. The van der Waals surface area contributed by atoms with E-state index in [0.29, 0.717) is 18.7 Å². The summed E-state index contributed by atoms with van der Waals surface area (Å²) < 4.78 is 5.38. The van der Waals surface area contributed by atoms with Crippen molar-refractivity contribution < 1.29 is 9.21 Å². The molecular formula is C18H22N2O3. The molecule has 2 aromatic rings. The molecule has 5 nitrogen and oxygen atoms in total. The first kappa shape index (κ1) is 15.7. The second-order valence-electron chi connectivity index (χ2n) is 6.52. The van der Waals surface area contributed by atoms with E-state index in [-0.39, 0.29) is 11.5 Å². The highest BCUT2D eigenvalue weighted by molar-refractivity contribution is 5.82. The highest BCUT2D eigenvalue weighted by Crippen LogP contribution is 2.28. The van der Waals surface area contributed by atoms with Crippen LogP contribution in [0.1, 0.15) is 23.1 Å². The van der Waals surface area contributed by atoms with Crippen LogP contribution in [0, 0.1) is 0 Å². The molecule has 1 aromatic carbocycles. The van der Waals surface area contributed by atoms with Crippen molar-refractivity contribution in [3.8, 4) is 0 Å². The van der Waals surface area contributed by atoms with E-state index in [0.717, 1.165) is 30.2 Å². The van der Waals surface area contributed by atoms with Gasteiger partial charge in [-0.15, -0.1) is 0 Å². The first-order chi connectivity index (χ1) is 10.9. The predicted octanol–water partition coefficient (Wildman–Crippen LogP) is 1.80. The first-order valence-corrected chi connectivity index (χ1v) is 7.91. The minimum Gasteiger partial charge on any atom is -0.423 e. The third kappa shape index (κ3) is 3.29. The fraction of sp³-hybridized carbons (Fsp3) is 0.444. The Morgan fingerprint density at radius 2 is 1.83 bits per heavy atom. The molecule has 0 aliphatic heterocycles. The van der Waals surface area contributed by atoms with Crippen molar-refractivity contribution in [3.05, 3.63) is 45.3 Å². The van der Waals surface area contributed by atoms with Crippen LogP contribution in [-0.4, -0.2) is 43.4 Å². The maximum atomic E-state index is 11.9. The van der Waals surface area contributed by atoms with Gasteiger partial charge in [-0.3, -0.25) is 9.69 Å². The Bertz CT molecular complexity index is 808. The minimum atomic E-state index is -0.335. The highest BCUT2D eigenvalue weighted by atomic mass is 16.4. The third-order valence-electron chi connectivity index (χ3n) is 4.39. The van der Waals surface area contributed by atoms with Crippen molar-refractivity contribution in [2.45, 2.75) is 25.8 Å². The molecule has 0 spiro atoms. The van der Waals surface area contributed by atoms with Crippen LogP contribution >= 0.6 is 0 Å². The average Bonchev–Trinajstić information content (AvgIpc) is 2.92. The molecule has 0 fully saturated rings. The van der Waals surface area contributed by atoms with E-state index in [1.807, 2.05) is 18.0 Å². The number of benzene rings is 1. The van der Waals surface area contributed by atoms with Gasteiger partial charge in [0, 0.05) is 32.1 Å². The Labute approximate surface area is 135 Å². The van der Waals surface area contributed by atoms with Gasteiger partial charge in [-0.1, -0.05) is 0 Å². The molecule has 0 saturated heterocycles. The smallest absolute Gasteiger partial charge is 0.336 e. The monoisotopic (exact) mass is 314 g/mol. The lowest BCUT2D eigenvalue weighted by atomic mass is 10.0. The van der Waals surface area contributed by atoms with Gasteiger partial charge in [0.2, 0.25) is 5.91 Å². The molecule has 23 heavy (non-hydrogen) atoms. The quantitative estimate of drug-likeness (QED) is 0.808. The first-order valence-electron chi connectivity index (χ1n) is 7.91. The van der Waals surface area contributed by atoms with Crippen LogP contribution in [0.15, 0.2) is 27.4 Å². The topological polar surface area (TPSA) is 53.8 Å². The zero-order valence-electron chi connectivity index (χ0n) is 13.9. The Kier molecular flexibility index (Phi) is 4.22. The molecule has 0 saturated carbocycles. The fourth-order valence-electron chi connectivity index (χ4n) is 3.14. The standard InChI is InChI=1S/C18H22N2O3/c1-19(2)17(21)11-20(3)10-14-9-18(22)23-16-8-13-6-4-5-12(13)7-15(14)16/h7-9H,4-6,10-11H2,1-3H3. The highest BCUT2D eigenvalue weighted by Gasteiger charge is 2.16. The fourth-order valence-corrected chi connectivity index (χ4v) is 3.14. The summed E-state index contributed by atoms with van der Waals surface area (Å²) in [5.41, 5.74) is 3.87. The third-order valence-corrected chi connectivity index (χ3v) is 4.39. The number of amides is 1. The molecule has 0 bridgehead atoms. The predicted molar refractivity (Wildman–Crippen MR) is 89.5 cm³/mol. The van der Waals surface area contributed by atoms with Gasteiger partial charge in [0.15, 0.2) is 0 Å². The van der Waals surface area contributed by atoms with Gasteiger partial charge in [-0.25, -0.2) is 4.79 Å². The maximum Gasteiger partial charge on any atom is 0.336 e. The number of hydrogen-bond acceptors (Lipinski definition) is 4. The molecule has 0 N–H and O–H groups in total. The molecular weight excluding hydrogens is 292 g/mol. The van der Waals surface area contributed by atoms with Gasteiger partial charge >= 0.3 is 5.63 Å². The molecule has 0 unspecified atom stereocenters. The van der Waals surface area contributed by atoms with Crippen LogP contribution < -0.4 is 5.63 Å². The second-order valence-corrected chi connectivity index (χ2v) is 6.52. The van der Waals surface area contributed by atoms with Crippen LogP contribution in [0.4, 0.5) is 0 Å². The van der Waals surface area contributed by atoms with Gasteiger partial charge in [0.1, 0.15) is 5.58 Å². The van der Waals surface area contributed by atoms with E-state index >= 15 is 0 Å². The normalized spacial score (nSPS) is 13.6. The number of carbonyl (C=O) groups is 1. The molecule has 3 rings (SSSR count). The van der Waals surface area contributed by atoms with Gasteiger partial charge in [0.05, 0.1) is 6.54 Å². The molecule has 1 aliphatic carbocycles. The summed E-state index contributed by atoms with van der Waals surface area (Å²) in [6.07, 6.45) is 3.29. The van der Waals surface area contributed by atoms with Crippen LogP contribution in [0.3, 0.4) is 0 Å². The SMILES string of the molecule is CN(CC(=O)N(C)C)Cc1cc(=O)oc2cc3c(cc12)CCC3. The van der Waals surface area contributed by atoms with Crippen molar-refractivity contribution in [2.24, 2.45) is 0 Å². The van der Waals surface area contributed by atoms with Crippen molar-refractivity contribution in [1.29, 1.82) is 0 Å². The van der Waals surface area contributed by atoms with Gasteiger partial charge in [-0.2, -0.15) is 0 Å². The van der Waals surface area contributed by atoms with Crippen molar-refractivity contribution in [3.63, 3.8) is 0 Å². The van der Waals surface area contributed by atoms with E-state index in [2.05, 4.69) is 6.07 Å². The van der Waals surface area contributed by atoms with Gasteiger partial charge in [-0.05, 0) is 55.1 Å². The molecule has 0 atom stereocenters. The summed E-state index contributed by atoms with van der Waals surface area (Å²) in [4.78, 5) is 27.2. The van der Waals surface area contributed by atoms with E-state index in [1.165, 1.54) is 11.1 Å². The van der Waals surface area contributed by atoms with Gasteiger partial charge in [0.25, 0.3) is 0 Å². The Hall–Kier alpha value is -2.14. The molecule has 1 heterocycles. The lowest BCUT2D eigenvalue weighted by Crippen LogP contribution is -2.34. The zero-order valence-corrected chi connectivity index (χ0v) is 13.9. The number of rotatable bonds is 4. The maximum absolute atomic E-state index is 11.9. The Morgan fingerprint density at radius 1 is 1.13 bits per heavy atom. The van der Waals surface area contributed by atoms with Crippen LogP contribution in [0.25, 0.3) is 11.0 Å². The zero-order chi connectivity index (χ0) is 16.6. The number of fused-ring (bicyclic) bond motifs is 2. The average molecular weight is 314 g/mol. The largest absolute Gasteiger partial charge is 0.423 e. The summed E-state index contributed by atoms with van der Waals surface area (Å²) in [5.74, 6) is 0.0423. The lowest BCUT2D eigenvalue weighted by Gasteiger charge is -2.19. The van der Waals surface area contributed by atoms with Crippen molar-refractivity contribution in [1.82, 2.24) is 9.80 Å². The molecule has 1 aromatic heterocycles. The van der Waals surface area contributed by atoms with Crippen LogP contribution in [0.5, 0.6) is 0 Å². The van der Waals surface area contributed by atoms with E-state index in [9.17, 15) is 9.59 Å². The molecule has 122 valence electrons. The summed E-state index contributed by atoms with van der Waals surface area (Å²) in [6.45, 7) is 0.861. The Balaban J connectivity index is 1.94. The number of carbonyl (C=O) groups excluding carboxylic acids is 1. The molecule has 1 aliphatic rings. The molecule has 0 radical (unpaired) electrons. The summed E-state index contributed by atoms with van der Waals surface area (Å²) in [5, 5.41) is 0.981. The second kappa shape index (κ2) is 6.16. The Morgan fingerprint density at radius 3 is 2.52 bits per heavy atom. The van der Waals surface area contributed by atoms with Crippen molar-refractivity contribution >= 4 is 16.9 Å². The van der Waals surface area contributed by atoms with Crippen LogP contribution in [-0.2, 0) is 24.2 Å². The van der Waals surface area contributed by atoms with E-state index in [4.69, 9.17) is 4.42 Å². The number of nitrogens with zero attached hydrogens (tertiary/aromatic N) is 2. The molecule has 5 heteroatoms. The van der Waals surface area contributed by atoms with Crippen molar-refractivity contribution in [2.75, 3.05) is 27.7 Å². The summed E-state index contributed by atoms with van der Waals surface area (Å²) >= 11 is 0. The number of likely N-dealkylation sites (N-methyl/N-ethyl adjacent to an activating group) is 2. The van der Waals surface area contributed by atoms with E-state index in [1.54, 1.807) is 25.1 Å². The summed E-state index contributed by atoms with van der Waals surface area (Å²) in [6, 6.07) is 5.70. The van der Waals surface area contributed by atoms with Crippen LogP contribution in [0.2, 0.25) is 0 Å². The summed E-state index contributed by atoms with van der Waals surface area (Å²) in [7, 11) is 5.37. The van der Waals surface area contributed by atoms with E-state index < -0.39 is 0 Å². The number of aryl methyl sites for hydroxylation is 2. The van der Waals surface area contributed by atoms with Gasteiger partial charge < -0.3 is 9.32 Å².